The molecule has 156 valence electrons. The maximum absolute atomic E-state index is 12.8. The number of rotatable bonds is 7. The first-order valence-electron chi connectivity index (χ1n) is 10.3. The van der Waals surface area contributed by atoms with Crippen LogP contribution < -0.4 is 0 Å². The predicted molar refractivity (Wildman–Crippen MR) is 106 cm³/mol. The van der Waals surface area contributed by atoms with Gasteiger partial charge in [-0.3, -0.25) is 9.78 Å². The summed E-state index contributed by atoms with van der Waals surface area (Å²) in [5.41, 5.74) is 1.19. The summed E-state index contributed by atoms with van der Waals surface area (Å²) >= 11 is 0. The van der Waals surface area contributed by atoms with E-state index in [1.807, 2.05) is 23.2 Å². The van der Waals surface area contributed by atoms with Gasteiger partial charge in [0.1, 0.15) is 6.42 Å². The van der Waals surface area contributed by atoms with Crippen LogP contribution in [0.5, 0.6) is 0 Å². The monoisotopic (exact) mass is 399 g/mol. The molecule has 4 heterocycles. The highest BCUT2D eigenvalue weighted by Gasteiger charge is 2.50. The van der Waals surface area contributed by atoms with Gasteiger partial charge < -0.3 is 19.1 Å². The molecule has 4 rings (SSSR count). The highest BCUT2D eigenvalue weighted by atomic mass is 16.5. The largest absolute Gasteiger partial charge is 0.376 e. The Bertz CT molecular complexity index is 827. The number of hydrogen-bond acceptors (Lipinski definition) is 7. The van der Waals surface area contributed by atoms with Gasteiger partial charge in [0, 0.05) is 49.9 Å². The Morgan fingerprint density at radius 2 is 2.31 bits per heavy atom. The Kier molecular flexibility index (Phi) is 5.91. The maximum atomic E-state index is 12.8. The van der Waals surface area contributed by atoms with Crippen LogP contribution in [0.4, 0.5) is 0 Å². The van der Waals surface area contributed by atoms with Crippen molar-refractivity contribution in [1.29, 1.82) is 0 Å². The van der Waals surface area contributed by atoms with E-state index >= 15 is 0 Å². The van der Waals surface area contributed by atoms with E-state index in [1.165, 1.54) is 0 Å². The number of amides is 1. The number of carbonyl (C=O) groups is 1. The second-order valence-electron chi connectivity index (χ2n) is 8.24. The minimum Gasteiger partial charge on any atom is -0.376 e. The van der Waals surface area contributed by atoms with Crippen molar-refractivity contribution in [3.63, 3.8) is 0 Å². The highest BCUT2D eigenvalue weighted by molar-refractivity contribution is 5.78. The van der Waals surface area contributed by atoms with E-state index in [2.05, 4.69) is 26.9 Å². The zero-order chi connectivity index (χ0) is 20.3. The third-order valence-electron chi connectivity index (χ3n) is 6.25. The van der Waals surface area contributed by atoms with Crippen molar-refractivity contribution in [3.8, 4) is 0 Å². The minimum absolute atomic E-state index is 0.0653. The van der Waals surface area contributed by atoms with Gasteiger partial charge in [0.05, 0.1) is 13.2 Å². The van der Waals surface area contributed by atoms with Gasteiger partial charge in [-0.2, -0.15) is 4.98 Å². The molecule has 0 aliphatic carbocycles. The number of pyridine rings is 1. The molecule has 1 amide bonds. The van der Waals surface area contributed by atoms with Crippen molar-refractivity contribution < 1.29 is 14.1 Å². The first-order valence-corrected chi connectivity index (χ1v) is 10.3. The molecule has 2 aliphatic rings. The zero-order valence-electron chi connectivity index (χ0n) is 17.2. The van der Waals surface area contributed by atoms with E-state index < -0.39 is 0 Å². The highest BCUT2D eigenvalue weighted by Crippen LogP contribution is 2.44. The smallest absolute Gasteiger partial charge is 0.236 e. The standard InChI is InChI=1S/C21H29N5O3/c1-3-25-11-18(13-28-12-17-5-4-7-22-10-17)21(14-25)6-8-26(15-21)20(27)9-19-23-16(2)24-29-19/h4-5,7,10,18H,3,6,8-9,11-15H2,1-2H3/t18-,21+/m0/s1. The lowest BCUT2D eigenvalue weighted by atomic mass is 9.77. The van der Waals surface area contributed by atoms with E-state index in [4.69, 9.17) is 9.26 Å². The summed E-state index contributed by atoms with van der Waals surface area (Å²) in [7, 11) is 0. The van der Waals surface area contributed by atoms with Crippen molar-refractivity contribution >= 4 is 5.91 Å². The van der Waals surface area contributed by atoms with E-state index in [0.717, 1.165) is 44.7 Å². The number of aromatic nitrogens is 3. The average Bonchev–Trinajstić information content (AvgIpc) is 3.43. The summed E-state index contributed by atoms with van der Waals surface area (Å²) in [6.07, 6.45) is 4.81. The molecule has 0 radical (unpaired) electrons. The molecular formula is C21H29N5O3. The lowest BCUT2D eigenvalue weighted by Gasteiger charge is -2.30. The van der Waals surface area contributed by atoms with E-state index in [9.17, 15) is 4.79 Å². The fourth-order valence-electron chi connectivity index (χ4n) is 4.64. The number of nitrogens with zero attached hydrogens (tertiary/aromatic N) is 5. The van der Waals surface area contributed by atoms with E-state index in [1.54, 1.807) is 13.1 Å². The molecule has 2 atom stereocenters. The molecule has 2 saturated heterocycles. The van der Waals surface area contributed by atoms with Crippen LogP contribution in [0.15, 0.2) is 29.0 Å². The van der Waals surface area contributed by atoms with Crippen LogP contribution in [0.3, 0.4) is 0 Å². The Hall–Kier alpha value is -2.32. The summed E-state index contributed by atoms with van der Waals surface area (Å²) in [6, 6.07) is 3.96. The van der Waals surface area contributed by atoms with Gasteiger partial charge in [-0.25, -0.2) is 0 Å². The quantitative estimate of drug-likeness (QED) is 0.701. The molecule has 8 heteroatoms. The summed E-state index contributed by atoms with van der Waals surface area (Å²) in [6.45, 7) is 9.86. The van der Waals surface area contributed by atoms with E-state index in [0.29, 0.717) is 30.8 Å². The van der Waals surface area contributed by atoms with Gasteiger partial charge in [0.2, 0.25) is 11.8 Å². The number of likely N-dealkylation sites (tertiary alicyclic amines) is 2. The Morgan fingerprint density at radius 3 is 3.03 bits per heavy atom. The van der Waals surface area contributed by atoms with Crippen molar-refractivity contribution in [2.45, 2.75) is 33.3 Å². The Labute approximate surface area is 171 Å². The number of ether oxygens (including phenoxy) is 1. The van der Waals surface area contributed by atoms with Crippen LogP contribution in [-0.4, -0.2) is 70.2 Å². The number of carbonyl (C=O) groups excluding carboxylic acids is 1. The van der Waals surface area contributed by atoms with Gasteiger partial charge in [-0.1, -0.05) is 18.1 Å². The molecule has 0 N–H and O–H groups in total. The third-order valence-corrected chi connectivity index (χ3v) is 6.25. The number of hydrogen-bond donors (Lipinski definition) is 0. The van der Waals surface area contributed by atoms with Gasteiger partial charge in [0.25, 0.3) is 0 Å². The SMILES string of the molecule is CCN1C[C@@H](COCc2cccnc2)[C@]2(CCN(C(=O)Cc3nc(C)no3)C2)C1. The van der Waals surface area contributed by atoms with Crippen molar-refractivity contribution in [3.05, 3.63) is 41.8 Å². The molecule has 2 fully saturated rings. The minimum atomic E-state index is 0.0653. The summed E-state index contributed by atoms with van der Waals surface area (Å²) in [4.78, 5) is 25.5. The second-order valence-corrected chi connectivity index (χ2v) is 8.24. The predicted octanol–water partition coefficient (Wildman–Crippen LogP) is 1.70. The summed E-state index contributed by atoms with van der Waals surface area (Å²) in [5, 5.41) is 3.77. The van der Waals surface area contributed by atoms with Crippen LogP contribution in [-0.2, 0) is 22.6 Å². The molecule has 0 aromatic carbocycles. The molecule has 2 aliphatic heterocycles. The summed E-state index contributed by atoms with van der Waals surface area (Å²) < 4.78 is 11.2. The maximum Gasteiger partial charge on any atom is 0.236 e. The fraction of sp³-hybridized carbons (Fsp3) is 0.619. The molecule has 8 nitrogen and oxygen atoms in total. The van der Waals surface area contributed by atoms with Gasteiger partial charge in [-0.05, 0) is 31.5 Å². The first kappa shape index (κ1) is 20.0. The van der Waals surface area contributed by atoms with Gasteiger partial charge in [0.15, 0.2) is 5.82 Å². The molecular weight excluding hydrogens is 370 g/mol. The molecule has 2 aromatic heterocycles. The van der Waals surface area contributed by atoms with Gasteiger partial charge >= 0.3 is 0 Å². The Morgan fingerprint density at radius 1 is 1.41 bits per heavy atom. The fourth-order valence-corrected chi connectivity index (χ4v) is 4.64. The third kappa shape index (κ3) is 4.48. The normalized spacial score (nSPS) is 24.6. The van der Waals surface area contributed by atoms with Crippen molar-refractivity contribution in [1.82, 2.24) is 24.9 Å². The lowest BCUT2D eigenvalue weighted by Crippen LogP contribution is -2.38. The van der Waals surface area contributed by atoms with Gasteiger partial charge in [-0.15, -0.1) is 0 Å². The topological polar surface area (TPSA) is 84.6 Å². The number of aryl methyl sites for hydroxylation is 1. The Balaban J connectivity index is 1.37. The van der Waals surface area contributed by atoms with Crippen LogP contribution >= 0.6 is 0 Å². The molecule has 0 bridgehead atoms. The first-order chi connectivity index (χ1) is 14.1. The molecule has 1 spiro atoms. The zero-order valence-corrected chi connectivity index (χ0v) is 17.2. The summed E-state index contributed by atoms with van der Waals surface area (Å²) in [5.74, 6) is 1.44. The van der Waals surface area contributed by atoms with Crippen LogP contribution in [0, 0.1) is 18.3 Å². The lowest BCUT2D eigenvalue weighted by molar-refractivity contribution is -0.130. The molecule has 29 heavy (non-hydrogen) atoms. The van der Waals surface area contributed by atoms with Crippen molar-refractivity contribution in [2.75, 3.05) is 39.3 Å². The van der Waals surface area contributed by atoms with Crippen LogP contribution in [0.2, 0.25) is 0 Å². The van der Waals surface area contributed by atoms with Crippen LogP contribution in [0.25, 0.3) is 0 Å². The second kappa shape index (κ2) is 8.59. The average molecular weight is 399 g/mol. The molecule has 0 saturated carbocycles. The van der Waals surface area contributed by atoms with Crippen molar-refractivity contribution in [2.24, 2.45) is 11.3 Å². The molecule has 0 unspecified atom stereocenters. The van der Waals surface area contributed by atoms with E-state index in [-0.39, 0.29) is 17.7 Å². The molecule has 2 aromatic rings. The van der Waals surface area contributed by atoms with Crippen LogP contribution in [0.1, 0.15) is 30.6 Å².